The molecule has 0 saturated heterocycles. The highest BCUT2D eigenvalue weighted by molar-refractivity contribution is 7.84. The van der Waals surface area contributed by atoms with Gasteiger partial charge in [-0.1, -0.05) is 0 Å². The first kappa shape index (κ1) is 11.8. The summed E-state index contributed by atoms with van der Waals surface area (Å²) in [5.74, 6) is 1.36. The molecule has 3 nitrogen and oxygen atoms in total. The van der Waals surface area contributed by atoms with Gasteiger partial charge in [0.1, 0.15) is 5.78 Å². The molecule has 0 aliphatic rings. The van der Waals surface area contributed by atoms with Crippen molar-refractivity contribution in [3.63, 3.8) is 0 Å². The van der Waals surface area contributed by atoms with Crippen molar-refractivity contribution in [2.75, 3.05) is 25.2 Å². The second kappa shape index (κ2) is 7.43. The highest BCUT2D eigenvalue weighted by atomic mass is 32.2. The van der Waals surface area contributed by atoms with Gasteiger partial charge in [0.15, 0.2) is 0 Å². The van der Waals surface area contributed by atoms with Gasteiger partial charge in [-0.2, -0.15) is 0 Å². The molecule has 0 bridgehead atoms. The number of rotatable bonds is 7. The van der Waals surface area contributed by atoms with Crippen LogP contribution in [0.25, 0.3) is 0 Å². The lowest BCUT2D eigenvalue weighted by molar-refractivity contribution is -0.117. The van der Waals surface area contributed by atoms with E-state index in [9.17, 15) is 9.00 Å². The standard InChI is InChI=1S/C8H16O3S/c1-8(9)4-3-6-12(10)7-5-11-2/h3-7H2,1-2H3. The molecule has 0 N–H and O–H groups in total. The normalized spacial score (nSPS) is 12.8. The van der Waals surface area contributed by atoms with Crippen LogP contribution in [0.15, 0.2) is 0 Å². The van der Waals surface area contributed by atoms with Gasteiger partial charge < -0.3 is 9.53 Å². The Morgan fingerprint density at radius 2 is 2.08 bits per heavy atom. The van der Waals surface area contributed by atoms with E-state index >= 15 is 0 Å². The third-order valence-electron chi connectivity index (χ3n) is 1.42. The molecule has 1 atom stereocenters. The maximum atomic E-state index is 11.1. The summed E-state index contributed by atoms with van der Waals surface area (Å²) in [4.78, 5) is 10.5. The molecule has 0 radical (unpaired) electrons. The highest BCUT2D eigenvalue weighted by Gasteiger charge is 2.00. The fourth-order valence-corrected chi connectivity index (χ4v) is 1.78. The monoisotopic (exact) mass is 192 g/mol. The largest absolute Gasteiger partial charge is 0.384 e. The number of carbonyl (C=O) groups excluding carboxylic acids is 1. The Morgan fingerprint density at radius 3 is 2.58 bits per heavy atom. The number of Topliss-reactive ketones (excluding diaryl/α,β-unsaturated/α-hetero) is 1. The SMILES string of the molecule is COCCS(=O)CCCC(C)=O. The molecule has 0 fully saturated rings. The van der Waals surface area contributed by atoms with Crippen molar-refractivity contribution in [2.24, 2.45) is 0 Å². The molecule has 0 spiro atoms. The van der Waals surface area contributed by atoms with Crippen molar-refractivity contribution in [3.8, 4) is 0 Å². The maximum absolute atomic E-state index is 11.1. The number of carbonyl (C=O) groups is 1. The summed E-state index contributed by atoms with van der Waals surface area (Å²) in [6, 6.07) is 0. The predicted molar refractivity (Wildman–Crippen MR) is 49.7 cm³/mol. The van der Waals surface area contributed by atoms with Crippen LogP contribution in [0.4, 0.5) is 0 Å². The molecule has 0 aliphatic heterocycles. The number of ketones is 1. The van der Waals surface area contributed by atoms with Gasteiger partial charge in [-0.25, -0.2) is 0 Å². The lowest BCUT2D eigenvalue weighted by Gasteiger charge is -1.99. The molecule has 0 rings (SSSR count). The second-order valence-corrected chi connectivity index (χ2v) is 4.34. The van der Waals surface area contributed by atoms with Crippen molar-refractivity contribution < 1.29 is 13.7 Å². The van der Waals surface area contributed by atoms with E-state index < -0.39 is 10.8 Å². The number of hydrogen-bond acceptors (Lipinski definition) is 3. The zero-order valence-electron chi connectivity index (χ0n) is 7.67. The molecule has 4 heteroatoms. The highest BCUT2D eigenvalue weighted by Crippen LogP contribution is 1.94. The Balaban J connectivity index is 3.25. The third kappa shape index (κ3) is 7.88. The molecule has 0 heterocycles. The summed E-state index contributed by atoms with van der Waals surface area (Å²) in [5, 5.41) is 0. The van der Waals surface area contributed by atoms with Crippen LogP contribution in [0.3, 0.4) is 0 Å². The van der Waals surface area contributed by atoms with E-state index in [2.05, 4.69) is 0 Å². The van der Waals surface area contributed by atoms with E-state index in [-0.39, 0.29) is 5.78 Å². The van der Waals surface area contributed by atoms with Crippen LogP contribution in [0.1, 0.15) is 19.8 Å². The van der Waals surface area contributed by atoms with Gasteiger partial charge >= 0.3 is 0 Å². The van der Waals surface area contributed by atoms with E-state index in [1.54, 1.807) is 14.0 Å². The van der Waals surface area contributed by atoms with E-state index in [1.807, 2.05) is 0 Å². The minimum absolute atomic E-state index is 0.166. The van der Waals surface area contributed by atoms with Gasteiger partial charge in [-0.05, 0) is 13.3 Å². The fraction of sp³-hybridized carbons (Fsp3) is 0.875. The van der Waals surface area contributed by atoms with Gasteiger partial charge in [0.2, 0.25) is 0 Å². The van der Waals surface area contributed by atoms with Crippen molar-refractivity contribution in [1.29, 1.82) is 0 Å². The quantitative estimate of drug-likeness (QED) is 0.598. The van der Waals surface area contributed by atoms with Crippen LogP contribution in [-0.2, 0) is 20.3 Å². The van der Waals surface area contributed by atoms with E-state index in [0.717, 1.165) is 6.42 Å². The number of ether oxygens (including phenoxy) is 1. The van der Waals surface area contributed by atoms with Crippen molar-refractivity contribution in [1.82, 2.24) is 0 Å². The molecule has 0 amide bonds. The molecule has 0 saturated carbocycles. The fourth-order valence-electron chi connectivity index (χ4n) is 0.760. The smallest absolute Gasteiger partial charge is 0.129 e. The van der Waals surface area contributed by atoms with Crippen molar-refractivity contribution in [2.45, 2.75) is 19.8 Å². The van der Waals surface area contributed by atoms with Crippen LogP contribution in [0, 0.1) is 0 Å². The van der Waals surface area contributed by atoms with E-state index in [0.29, 0.717) is 24.5 Å². The summed E-state index contributed by atoms with van der Waals surface area (Å²) in [5.41, 5.74) is 0. The second-order valence-electron chi connectivity index (χ2n) is 2.65. The average molecular weight is 192 g/mol. The predicted octanol–water partition coefficient (Wildman–Crippen LogP) is 0.751. The van der Waals surface area contributed by atoms with E-state index in [1.165, 1.54) is 0 Å². The van der Waals surface area contributed by atoms with Gasteiger partial charge in [-0.3, -0.25) is 4.21 Å². The zero-order chi connectivity index (χ0) is 9.40. The van der Waals surface area contributed by atoms with E-state index in [4.69, 9.17) is 4.74 Å². The summed E-state index contributed by atoms with van der Waals surface area (Å²) in [6.07, 6.45) is 1.27. The molecule has 1 unspecified atom stereocenters. The summed E-state index contributed by atoms with van der Waals surface area (Å²) in [6.45, 7) is 2.09. The third-order valence-corrected chi connectivity index (χ3v) is 2.78. The molecular weight excluding hydrogens is 176 g/mol. The molecule has 12 heavy (non-hydrogen) atoms. The Bertz CT molecular complexity index is 156. The molecular formula is C8H16O3S. The van der Waals surface area contributed by atoms with Crippen LogP contribution >= 0.6 is 0 Å². The molecule has 0 aromatic rings. The Labute approximate surface area is 75.9 Å². The first-order valence-corrected chi connectivity index (χ1v) is 5.49. The summed E-state index contributed by atoms with van der Waals surface area (Å²) >= 11 is 0. The molecule has 0 aliphatic carbocycles. The van der Waals surface area contributed by atoms with Crippen LogP contribution in [0.5, 0.6) is 0 Å². The molecule has 0 aromatic carbocycles. The van der Waals surface area contributed by atoms with Crippen LogP contribution < -0.4 is 0 Å². The lowest BCUT2D eigenvalue weighted by atomic mass is 10.3. The summed E-state index contributed by atoms with van der Waals surface area (Å²) in [7, 11) is 0.776. The minimum Gasteiger partial charge on any atom is -0.384 e. The first-order chi connectivity index (χ1) is 5.66. The first-order valence-electron chi connectivity index (χ1n) is 4.00. The average Bonchev–Trinajstić information content (AvgIpc) is 2.00. The van der Waals surface area contributed by atoms with Crippen molar-refractivity contribution in [3.05, 3.63) is 0 Å². The number of methoxy groups -OCH3 is 1. The molecule has 72 valence electrons. The Hall–Kier alpha value is -0.220. The van der Waals surface area contributed by atoms with Gasteiger partial charge in [0.25, 0.3) is 0 Å². The van der Waals surface area contributed by atoms with Gasteiger partial charge in [0.05, 0.1) is 6.61 Å². The minimum atomic E-state index is -0.814. The topological polar surface area (TPSA) is 43.4 Å². The zero-order valence-corrected chi connectivity index (χ0v) is 8.49. The molecule has 0 aromatic heterocycles. The van der Waals surface area contributed by atoms with Crippen LogP contribution in [-0.4, -0.2) is 35.2 Å². The van der Waals surface area contributed by atoms with Crippen LogP contribution in [0.2, 0.25) is 0 Å². The Kier molecular flexibility index (Phi) is 7.29. The Morgan fingerprint density at radius 1 is 1.42 bits per heavy atom. The van der Waals surface area contributed by atoms with Gasteiger partial charge in [0, 0.05) is 35.8 Å². The lowest BCUT2D eigenvalue weighted by Crippen LogP contribution is -2.08. The van der Waals surface area contributed by atoms with Gasteiger partial charge in [-0.15, -0.1) is 0 Å². The summed E-state index contributed by atoms with van der Waals surface area (Å²) < 4.78 is 15.9. The van der Waals surface area contributed by atoms with Crippen molar-refractivity contribution >= 4 is 16.6 Å². The number of hydrogen-bond donors (Lipinski definition) is 0. The maximum Gasteiger partial charge on any atom is 0.129 e.